The summed E-state index contributed by atoms with van der Waals surface area (Å²) in [5.74, 6) is 0.276. The maximum absolute atomic E-state index is 12.2. The number of benzene rings is 2. The number of nitrogens with zero attached hydrogens (tertiary/aromatic N) is 3. The summed E-state index contributed by atoms with van der Waals surface area (Å²) >= 11 is 0. The van der Waals surface area contributed by atoms with E-state index in [4.69, 9.17) is 0 Å². The zero-order valence-electron chi connectivity index (χ0n) is 21.3. The maximum Gasteiger partial charge on any atom is 1.00 e. The molecule has 38 heavy (non-hydrogen) atoms. The largest absolute Gasteiger partial charge is 1.00 e. The van der Waals surface area contributed by atoms with E-state index >= 15 is 0 Å². The van der Waals surface area contributed by atoms with Crippen molar-refractivity contribution in [3.63, 3.8) is 0 Å². The number of nitrogens with one attached hydrogen (secondary N) is 3. The summed E-state index contributed by atoms with van der Waals surface area (Å²) in [5.41, 5.74) is 2.90. The SMILES string of the molecule is CCC(=O)NS(=O)(=O)c1ccc(Nc2ncc(C)c(Nc3ccc(C[N-]S(=O)(=O)C4CC4)cc3)n2)cc1.[Na+]. The second kappa shape index (κ2) is 12.5. The van der Waals surface area contributed by atoms with Gasteiger partial charge in [-0.15, -0.1) is 6.54 Å². The van der Waals surface area contributed by atoms with Gasteiger partial charge < -0.3 is 15.4 Å². The molecule has 1 aromatic heterocycles. The van der Waals surface area contributed by atoms with Crippen molar-refractivity contribution in [2.75, 3.05) is 10.6 Å². The molecule has 1 fully saturated rings. The number of carbonyl (C=O) groups is 1. The van der Waals surface area contributed by atoms with Crippen molar-refractivity contribution < 1.29 is 51.2 Å². The molecule has 2 aromatic carbocycles. The Morgan fingerprint density at radius 1 is 0.974 bits per heavy atom. The molecule has 0 radical (unpaired) electrons. The second-order valence-corrected chi connectivity index (χ2v) is 12.2. The third kappa shape index (κ3) is 7.98. The quantitative estimate of drug-likeness (QED) is 0.286. The number of anilines is 4. The monoisotopic (exact) mass is 566 g/mol. The topological polar surface area (TPSA) is 161 Å². The van der Waals surface area contributed by atoms with E-state index in [1.165, 1.54) is 12.1 Å². The number of carbonyl (C=O) groups excluding carboxylic acids is 1. The van der Waals surface area contributed by atoms with Gasteiger partial charge in [0.25, 0.3) is 10.0 Å². The molecule has 0 saturated heterocycles. The van der Waals surface area contributed by atoms with E-state index in [2.05, 4.69) is 25.3 Å². The van der Waals surface area contributed by atoms with Gasteiger partial charge in [0.1, 0.15) is 5.82 Å². The first kappa shape index (κ1) is 30.0. The molecule has 14 heteroatoms. The number of aromatic nitrogens is 2. The Morgan fingerprint density at radius 3 is 2.18 bits per heavy atom. The molecule has 0 bridgehead atoms. The van der Waals surface area contributed by atoms with Crippen molar-refractivity contribution in [2.24, 2.45) is 0 Å². The fourth-order valence-electron chi connectivity index (χ4n) is 3.22. The van der Waals surface area contributed by atoms with E-state index < -0.39 is 26.0 Å². The van der Waals surface area contributed by atoms with Crippen LogP contribution in [0.4, 0.5) is 23.1 Å². The van der Waals surface area contributed by atoms with Crippen molar-refractivity contribution in [1.82, 2.24) is 14.7 Å². The van der Waals surface area contributed by atoms with E-state index in [1.807, 2.05) is 35.9 Å². The molecule has 0 aliphatic heterocycles. The van der Waals surface area contributed by atoms with Crippen LogP contribution in [-0.4, -0.2) is 38.0 Å². The average Bonchev–Trinajstić information content (AvgIpc) is 3.72. The van der Waals surface area contributed by atoms with Gasteiger partial charge in [-0.25, -0.2) is 26.5 Å². The van der Waals surface area contributed by atoms with Crippen LogP contribution in [0.25, 0.3) is 4.72 Å². The Morgan fingerprint density at radius 2 is 1.58 bits per heavy atom. The number of hydrogen-bond acceptors (Lipinski definition) is 9. The molecule has 4 rings (SSSR count). The third-order valence-electron chi connectivity index (χ3n) is 5.55. The minimum absolute atomic E-state index is 0. The van der Waals surface area contributed by atoms with Crippen molar-refractivity contribution in [1.29, 1.82) is 0 Å². The van der Waals surface area contributed by atoms with Crippen molar-refractivity contribution >= 4 is 49.1 Å². The molecule has 0 spiro atoms. The van der Waals surface area contributed by atoms with E-state index in [0.29, 0.717) is 30.3 Å². The summed E-state index contributed by atoms with van der Waals surface area (Å²) in [5, 5.41) is 5.94. The van der Waals surface area contributed by atoms with Crippen LogP contribution in [-0.2, 0) is 31.4 Å². The molecule has 1 aliphatic carbocycles. The summed E-state index contributed by atoms with van der Waals surface area (Å²) < 4.78 is 54.2. The van der Waals surface area contributed by atoms with Crippen molar-refractivity contribution in [2.45, 2.75) is 49.8 Å². The Balaban J connectivity index is 0.00000400. The first-order chi connectivity index (χ1) is 17.6. The molecule has 1 saturated carbocycles. The number of sulfonamides is 2. The Bertz CT molecular complexity index is 1490. The molecule has 0 atom stereocenters. The standard InChI is InChI=1S/C24H27N6O5S2.Na/c1-3-22(31)30-37(34,35)21-10-8-19(9-11-21)28-24-25-14-16(2)23(29-24)27-18-6-4-17(5-7-18)15-26-36(32,33)20-12-13-20;/h4-11,14,20H,3,12-13,15H2,1-2H3,(H,30,31)(H2,25,27,28,29);/q-1;+1. The van der Waals surface area contributed by atoms with Gasteiger partial charge in [-0.2, -0.15) is 4.98 Å². The van der Waals surface area contributed by atoms with Gasteiger partial charge in [0.15, 0.2) is 0 Å². The molecular formula is C24H27N6NaO5S2. The van der Waals surface area contributed by atoms with Gasteiger partial charge in [-0.3, -0.25) is 4.79 Å². The first-order valence-electron chi connectivity index (χ1n) is 11.6. The average molecular weight is 567 g/mol. The van der Waals surface area contributed by atoms with Crippen LogP contribution in [0.1, 0.15) is 37.3 Å². The number of aryl methyl sites for hydroxylation is 1. The maximum atomic E-state index is 12.2. The zero-order chi connectivity index (χ0) is 26.6. The Hall–Kier alpha value is -2.55. The molecule has 1 amide bonds. The molecule has 11 nitrogen and oxygen atoms in total. The van der Waals surface area contributed by atoms with E-state index in [0.717, 1.165) is 16.8 Å². The fourth-order valence-corrected chi connectivity index (χ4v) is 5.55. The zero-order valence-corrected chi connectivity index (χ0v) is 24.9. The van der Waals surface area contributed by atoms with Gasteiger partial charge in [-0.05, 0) is 56.2 Å². The smallest absolute Gasteiger partial charge is 0.545 e. The summed E-state index contributed by atoms with van der Waals surface area (Å²) in [4.78, 5) is 20.2. The van der Waals surface area contributed by atoms with Gasteiger partial charge in [-0.1, -0.05) is 24.6 Å². The number of rotatable bonds is 11. The van der Waals surface area contributed by atoms with Gasteiger partial charge in [0, 0.05) is 34.8 Å². The number of hydrogen-bond donors (Lipinski definition) is 3. The summed E-state index contributed by atoms with van der Waals surface area (Å²) in [7, 11) is -7.28. The third-order valence-corrected chi connectivity index (χ3v) is 8.74. The first-order valence-corrected chi connectivity index (χ1v) is 14.6. The molecule has 3 aromatic rings. The fraction of sp³-hybridized carbons (Fsp3) is 0.292. The van der Waals surface area contributed by atoms with Crippen LogP contribution in [0.2, 0.25) is 0 Å². The van der Waals surface area contributed by atoms with E-state index in [1.54, 1.807) is 25.3 Å². The van der Waals surface area contributed by atoms with Crippen LogP contribution < -0.4 is 44.9 Å². The minimum atomic E-state index is -3.93. The molecule has 1 heterocycles. The second-order valence-electron chi connectivity index (χ2n) is 8.58. The summed E-state index contributed by atoms with van der Waals surface area (Å²) in [6.07, 6.45) is 3.09. The van der Waals surface area contributed by atoms with Gasteiger partial charge >= 0.3 is 29.6 Å². The van der Waals surface area contributed by atoms with Crippen molar-refractivity contribution in [3.05, 3.63) is 70.6 Å². The van der Waals surface area contributed by atoms with Crippen LogP contribution in [0.3, 0.4) is 0 Å². The molecule has 3 N–H and O–H groups in total. The minimum Gasteiger partial charge on any atom is -0.545 e. The van der Waals surface area contributed by atoms with Crippen molar-refractivity contribution in [3.8, 4) is 0 Å². The van der Waals surface area contributed by atoms with E-state index in [-0.39, 0.29) is 52.7 Å². The van der Waals surface area contributed by atoms with Crippen LogP contribution in [0, 0.1) is 6.92 Å². The van der Waals surface area contributed by atoms with Crippen LogP contribution in [0.15, 0.2) is 59.6 Å². The van der Waals surface area contributed by atoms with Gasteiger partial charge in [0.05, 0.1) is 14.9 Å². The van der Waals surface area contributed by atoms with Gasteiger partial charge in [0.2, 0.25) is 11.9 Å². The Kier molecular flexibility index (Phi) is 9.90. The number of amides is 1. The predicted octanol–water partition coefficient (Wildman–Crippen LogP) is 0.857. The van der Waals surface area contributed by atoms with Crippen LogP contribution in [0.5, 0.6) is 0 Å². The molecule has 196 valence electrons. The van der Waals surface area contributed by atoms with Crippen LogP contribution >= 0.6 is 0 Å². The molecule has 1 aliphatic rings. The normalized spacial score (nSPS) is 13.3. The predicted molar refractivity (Wildman–Crippen MR) is 141 cm³/mol. The molecular weight excluding hydrogens is 539 g/mol. The Labute approximate surface area is 244 Å². The summed E-state index contributed by atoms with van der Waals surface area (Å²) in [6.45, 7) is 3.54. The summed E-state index contributed by atoms with van der Waals surface area (Å²) in [6, 6.07) is 13.1. The van der Waals surface area contributed by atoms with E-state index in [9.17, 15) is 21.6 Å². The molecule has 0 unspecified atom stereocenters.